The Morgan fingerprint density at radius 3 is 2.55 bits per heavy atom. The van der Waals surface area contributed by atoms with E-state index in [0.717, 1.165) is 36.9 Å². The molecule has 1 aromatic carbocycles. The molecule has 104 valence electrons. The monoisotopic (exact) mass is 309 g/mol. The van der Waals surface area contributed by atoms with Gasteiger partial charge in [-0.25, -0.2) is 4.98 Å². The van der Waals surface area contributed by atoms with Gasteiger partial charge in [-0.15, -0.1) is 0 Å². The van der Waals surface area contributed by atoms with Crippen LogP contribution in [0.3, 0.4) is 0 Å². The van der Waals surface area contributed by atoms with Crippen LogP contribution in [0.15, 0.2) is 23.0 Å². The van der Waals surface area contributed by atoms with Crippen molar-refractivity contribution in [2.24, 2.45) is 0 Å². The van der Waals surface area contributed by atoms with Gasteiger partial charge in [0.15, 0.2) is 0 Å². The van der Waals surface area contributed by atoms with Crippen molar-refractivity contribution >= 4 is 34.8 Å². The lowest BCUT2D eigenvalue weighted by molar-refractivity contribution is 0.658. The first kappa shape index (κ1) is 13.5. The maximum atomic E-state index is 12.0. The molecule has 6 heteroatoms. The van der Waals surface area contributed by atoms with Gasteiger partial charge in [-0.05, 0) is 43.9 Å². The Balaban J connectivity index is 1.95. The van der Waals surface area contributed by atoms with E-state index < -0.39 is 0 Å². The normalized spacial score (nSPS) is 13.9. The molecule has 0 saturated heterocycles. The predicted molar refractivity (Wildman–Crippen MR) is 81.2 cm³/mol. The van der Waals surface area contributed by atoms with Crippen LogP contribution in [0.4, 0.5) is 11.6 Å². The third kappa shape index (κ3) is 2.81. The molecular weight excluding hydrogens is 297 g/mol. The van der Waals surface area contributed by atoms with Crippen molar-refractivity contribution in [3.05, 3.63) is 49.9 Å². The molecule has 0 atom stereocenters. The van der Waals surface area contributed by atoms with E-state index in [0.29, 0.717) is 21.7 Å². The van der Waals surface area contributed by atoms with Gasteiger partial charge in [-0.2, -0.15) is 0 Å². The molecule has 0 unspecified atom stereocenters. The number of anilines is 2. The van der Waals surface area contributed by atoms with Crippen molar-refractivity contribution < 1.29 is 0 Å². The van der Waals surface area contributed by atoms with Gasteiger partial charge in [0.05, 0.1) is 5.69 Å². The Morgan fingerprint density at radius 1 is 1.10 bits per heavy atom. The van der Waals surface area contributed by atoms with Crippen LogP contribution < -0.4 is 10.9 Å². The van der Waals surface area contributed by atoms with Crippen LogP contribution >= 0.6 is 23.2 Å². The van der Waals surface area contributed by atoms with Gasteiger partial charge in [-0.3, -0.25) is 9.78 Å². The minimum absolute atomic E-state index is 0.0645. The Morgan fingerprint density at radius 2 is 1.80 bits per heavy atom. The summed E-state index contributed by atoms with van der Waals surface area (Å²) >= 11 is 11.9. The Kier molecular flexibility index (Phi) is 3.68. The molecule has 1 aliphatic rings. The summed E-state index contributed by atoms with van der Waals surface area (Å²) < 4.78 is 0. The van der Waals surface area contributed by atoms with Crippen LogP contribution in [-0.2, 0) is 12.8 Å². The third-order valence-electron chi connectivity index (χ3n) is 3.32. The highest BCUT2D eigenvalue weighted by Crippen LogP contribution is 2.24. The zero-order valence-electron chi connectivity index (χ0n) is 10.7. The molecule has 0 spiro atoms. The topological polar surface area (TPSA) is 57.8 Å². The molecule has 0 fully saturated rings. The highest BCUT2D eigenvalue weighted by molar-refractivity contribution is 6.35. The molecule has 20 heavy (non-hydrogen) atoms. The predicted octanol–water partition coefficient (Wildman–Crippen LogP) is 3.70. The number of aromatic amines is 1. The molecule has 2 aromatic rings. The molecule has 1 aromatic heterocycles. The highest BCUT2D eigenvalue weighted by atomic mass is 35.5. The Bertz CT molecular complexity index is 692. The summed E-state index contributed by atoms with van der Waals surface area (Å²) in [5.41, 5.74) is 2.33. The second-order valence-corrected chi connectivity index (χ2v) is 5.70. The number of aromatic nitrogens is 2. The summed E-state index contributed by atoms with van der Waals surface area (Å²) in [6.45, 7) is 0. The van der Waals surface area contributed by atoms with Crippen molar-refractivity contribution in [1.82, 2.24) is 9.97 Å². The van der Waals surface area contributed by atoms with Gasteiger partial charge in [0.25, 0.3) is 5.56 Å². The quantitative estimate of drug-likeness (QED) is 0.889. The van der Waals surface area contributed by atoms with E-state index in [1.54, 1.807) is 18.2 Å². The van der Waals surface area contributed by atoms with E-state index in [4.69, 9.17) is 23.2 Å². The molecule has 2 N–H and O–H groups in total. The maximum Gasteiger partial charge on any atom is 0.255 e. The molecule has 4 nitrogen and oxygen atoms in total. The number of rotatable bonds is 2. The average molecular weight is 310 g/mol. The fraction of sp³-hybridized carbons (Fsp3) is 0.286. The van der Waals surface area contributed by atoms with Gasteiger partial charge in [-0.1, -0.05) is 23.2 Å². The average Bonchev–Trinajstić information content (AvgIpc) is 2.37. The summed E-state index contributed by atoms with van der Waals surface area (Å²) in [7, 11) is 0. The molecule has 0 radical (unpaired) electrons. The molecule has 0 amide bonds. The Hall–Kier alpha value is -1.52. The van der Waals surface area contributed by atoms with Crippen molar-refractivity contribution in [2.45, 2.75) is 25.7 Å². The van der Waals surface area contributed by atoms with E-state index in [2.05, 4.69) is 15.3 Å². The number of nitrogens with zero attached hydrogens (tertiary/aromatic N) is 1. The number of hydrogen-bond acceptors (Lipinski definition) is 3. The van der Waals surface area contributed by atoms with Crippen LogP contribution in [-0.4, -0.2) is 9.97 Å². The second kappa shape index (κ2) is 5.46. The van der Waals surface area contributed by atoms with E-state index in [9.17, 15) is 4.79 Å². The smallest absolute Gasteiger partial charge is 0.255 e. The first-order valence-corrected chi connectivity index (χ1v) is 7.22. The molecule has 0 saturated carbocycles. The van der Waals surface area contributed by atoms with Crippen molar-refractivity contribution in [3.63, 3.8) is 0 Å². The molecular formula is C14H13Cl2N3O. The van der Waals surface area contributed by atoms with Crippen LogP contribution in [0.5, 0.6) is 0 Å². The lowest BCUT2D eigenvalue weighted by Crippen LogP contribution is -2.22. The molecule has 1 heterocycles. The van der Waals surface area contributed by atoms with Gasteiger partial charge in [0, 0.05) is 21.3 Å². The second-order valence-electron chi connectivity index (χ2n) is 4.83. The molecule has 1 aliphatic carbocycles. The first-order chi connectivity index (χ1) is 9.61. The minimum Gasteiger partial charge on any atom is -0.326 e. The number of benzene rings is 1. The SMILES string of the molecule is O=c1[nH]c(Nc2cc(Cl)cc(Cl)c2)nc2c1CCCC2. The highest BCUT2D eigenvalue weighted by Gasteiger charge is 2.15. The van der Waals surface area contributed by atoms with Gasteiger partial charge in [0.2, 0.25) is 5.95 Å². The Labute approximate surface area is 126 Å². The van der Waals surface area contributed by atoms with Crippen LogP contribution in [0, 0.1) is 0 Å². The van der Waals surface area contributed by atoms with Gasteiger partial charge >= 0.3 is 0 Å². The van der Waals surface area contributed by atoms with Crippen LogP contribution in [0.1, 0.15) is 24.1 Å². The maximum absolute atomic E-state index is 12.0. The summed E-state index contributed by atoms with van der Waals surface area (Å²) in [5, 5.41) is 4.10. The zero-order valence-corrected chi connectivity index (χ0v) is 12.2. The lowest BCUT2D eigenvalue weighted by Gasteiger charge is -2.15. The van der Waals surface area contributed by atoms with Crippen LogP contribution in [0.2, 0.25) is 10.0 Å². The number of fused-ring (bicyclic) bond motifs is 1. The van der Waals surface area contributed by atoms with Gasteiger partial charge in [0.1, 0.15) is 0 Å². The summed E-state index contributed by atoms with van der Waals surface area (Å²) in [5.74, 6) is 0.425. The number of halogens is 2. The number of H-pyrrole nitrogens is 1. The van der Waals surface area contributed by atoms with E-state index in [-0.39, 0.29) is 5.56 Å². The standard InChI is InChI=1S/C14H13Cl2N3O/c15-8-5-9(16)7-10(6-8)17-14-18-12-4-2-1-3-11(12)13(20)19-14/h5-7H,1-4H2,(H2,17,18,19,20). The molecule has 0 aliphatic heterocycles. The van der Waals surface area contributed by atoms with Gasteiger partial charge < -0.3 is 5.32 Å². The lowest BCUT2D eigenvalue weighted by atomic mass is 9.97. The summed E-state index contributed by atoms with van der Waals surface area (Å²) in [6, 6.07) is 5.11. The third-order valence-corrected chi connectivity index (χ3v) is 3.75. The molecule has 3 rings (SSSR count). The summed E-state index contributed by atoms with van der Waals surface area (Å²) in [6.07, 6.45) is 3.78. The minimum atomic E-state index is -0.0645. The zero-order chi connectivity index (χ0) is 14.1. The number of nitrogens with one attached hydrogen (secondary N) is 2. The van der Waals surface area contributed by atoms with Crippen molar-refractivity contribution in [1.29, 1.82) is 0 Å². The van der Waals surface area contributed by atoms with Crippen LogP contribution in [0.25, 0.3) is 0 Å². The number of hydrogen-bond donors (Lipinski definition) is 2. The van der Waals surface area contributed by atoms with Crippen molar-refractivity contribution in [3.8, 4) is 0 Å². The van der Waals surface area contributed by atoms with Crippen molar-refractivity contribution in [2.75, 3.05) is 5.32 Å². The van der Waals surface area contributed by atoms with E-state index in [1.807, 2.05) is 0 Å². The fourth-order valence-corrected chi connectivity index (χ4v) is 2.95. The van der Waals surface area contributed by atoms with E-state index in [1.165, 1.54) is 0 Å². The first-order valence-electron chi connectivity index (χ1n) is 6.47. The molecule has 0 bridgehead atoms. The number of aryl methyl sites for hydroxylation is 1. The largest absolute Gasteiger partial charge is 0.326 e. The fourth-order valence-electron chi connectivity index (χ4n) is 2.43. The van der Waals surface area contributed by atoms with E-state index >= 15 is 0 Å². The summed E-state index contributed by atoms with van der Waals surface area (Å²) in [4.78, 5) is 19.3.